The number of halogens is 1. The average Bonchev–Trinajstić information content (AvgIpc) is 3.97. The number of likely N-dealkylation sites (tertiary alicyclic amines) is 1. The smallest absolute Gasteiger partial charge is 0.410 e. The lowest BCUT2D eigenvalue weighted by atomic mass is 10.0. The fourth-order valence-corrected chi connectivity index (χ4v) is 8.31. The van der Waals surface area contributed by atoms with Crippen LogP contribution in [0.25, 0.3) is 0 Å². The quantitative estimate of drug-likeness (QED) is 0.316. The molecule has 0 spiro atoms. The second kappa shape index (κ2) is 13.5. The molecule has 5 atom stereocenters. The van der Waals surface area contributed by atoms with E-state index in [-0.39, 0.29) is 44.3 Å². The molecule has 2 aromatic carbocycles. The molecule has 4 aliphatic rings. The Bertz CT molecular complexity index is 1860. The van der Waals surface area contributed by atoms with Crippen molar-refractivity contribution < 1.29 is 36.7 Å². The summed E-state index contributed by atoms with van der Waals surface area (Å²) in [5, 5.41) is 14.7. The number of sulfonamides is 1. The Morgan fingerprint density at radius 1 is 1.12 bits per heavy atom. The molecule has 2 heterocycles. The van der Waals surface area contributed by atoms with Crippen LogP contribution in [0.5, 0.6) is 0 Å². The van der Waals surface area contributed by atoms with E-state index in [1.54, 1.807) is 36.4 Å². The summed E-state index contributed by atoms with van der Waals surface area (Å²) < 4.78 is 47.6. The van der Waals surface area contributed by atoms with E-state index in [0.29, 0.717) is 41.6 Å². The van der Waals surface area contributed by atoms with Crippen LogP contribution in [0.2, 0.25) is 0 Å². The lowest BCUT2D eigenvalue weighted by molar-refractivity contribution is -0.140. The molecule has 4 amide bonds. The van der Waals surface area contributed by atoms with E-state index in [2.05, 4.69) is 21.4 Å². The normalized spacial score (nSPS) is 24.6. The molecule has 2 aliphatic carbocycles. The Morgan fingerprint density at radius 2 is 1.86 bits per heavy atom. The molecule has 1 saturated heterocycles. The number of anilines is 1. The number of hydrogen-bond donors (Lipinski definition) is 3. The van der Waals surface area contributed by atoms with Crippen LogP contribution in [0, 0.1) is 29.0 Å². The van der Waals surface area contributed by atoms with Gasteiger partial charge >= 0.3 is 6.09 Å². The van der Waals surface area contributed by atoms with E-state index in [1.165, 1.54) is 15.9 Å². The summed E-state index contributed by atoms with van der Waals surface area (Å²) in [6, 6.07) is 11.3. The van der Waals surface area contributed by atoms with Crippen LogP contribution in [0.1, 0.15) is 69.6 Å². The van der Waals surface area contributed by atoms with Gasteiger partial charge in [-0.15, -0.1) is 0 Å². The highest BCUT2D eigenvalue weighted by Gasteiger charge is 2.62. The Kier molecular flexibility index (Phi) is 9.51. The van der Waals surface area contributed by atoms with Crippen LogP contribution >= 0.6 is 0 Å². The van der Waals surface area contributed by atoms with Gasteiger partial charge in [-0.25, -0.2) is 17.6 Å². The predicted octanol–water partition coefficient (Wildman–Crippen LogP) is 3.15. The van der Waals surface area contributed by atoms with Gasteiger partial charge in [0.15, 0.2) is 0 Å². The zero-order chi connectivity index (χ0) is 36.0. The number of rotatable bonds is 11. The summed E-state index contributed by atoms with van der Waals surface area (Å²) in [7, 11) is -3.88. The maximum Gasteiger partial charge on any atom is 0.410 e. The largest absolute Gasteiger partial charge is 0.444 e. The lowest BCUT2D eigenvalue weighted by Gasteiger charge is -2.31. The van der Waals surface area contributed by atoms with Gasteiger partial charge in [-0.1, -0.05) is 45.4 Å². The molecule has 3 N–H and O–H groups in total. The molecule has 15 heteroatoms. The Balaban J connectivity index is 1.23. The second-order valence-corrected chi connectivity index (χ2v) is 15.9. The zero-order valence-corrected chi connectivity index (χ0v) is 29.0. The number of nitrogens with one attached hydrogen (secondary N) is 3. The molecular weight excluding hydrogens is 667 g/mol. The fraction of sp³-hybridized carbons (Fsp3) is 0.514. The van der Waals surface area contributed by atoms with Crippen molar-refractivity contribution in [3.8, 4) is 6.07 Å². The van der Waals surface area contributed by atoms with E-state index in [9.17, 15) is 37.2 Å². The Hall–Kier alpha value is -4.71. The number of benzene rings is 2. The number of ether oxygens (including phenoxy) is 1. The number of fused-ring (bicyclic) bond motifs is 1. The maximum atomic E-state index is 14.4. The van der Waals surface area contributed by atoms with Gasteiger partial charge in [0.05, 0.1) is 30.0 Å². The SMILES string of the molecule is CC[C@@H]1C[C@]1(NC(=O)[C@@H]1CC(OC(=O)N2Cc3cccc(F)c3C2)CN1C(=O)[C@@H](Nc1cccc(C#N)c1)C(C)C)C(=O)NS(=O)(=O)C1CC1. The molecule has 266 valence electrons. The highest BCUT2D eigenvalue weighted by molar-refractivity contribution is 7.91. The van der Waals surface area contributed by atoms with Crippen molar-refractivity contribution in [2.75, 3.05) is 11.9 Å². The number of nitrogens with zero attached hydrogens (tertiary/aromatic N) is 3. The van der Waals surface area contributed by atoms with Gasteiger partial charge in [-0.05, 0) is 60.9 Å². The molecule has 1 unspecified atom stereocenters. The van der Waals surface area contributed by atoms with Gasteiger partial charge < -0.3 is 20.3 Å². The first kappa shape index (κ1) is 35.1. The molecule has 0 radical (unpaired) electrons. The molecular formula is C35H41FN6O7S. The zero-order valence-electron chi connectivity index (χ0n) is 28.1. The van der Waals surface area contributed by atoms with Crippen LogP contribution in [-0.4, -0.2) is 77.6 Å². The summed E-state index contributed by atoms with van der Waals surface area (Å²) >= 11 is 0. The molecule has 13 nitrogen and oxygen atoms in total. The summed E-state index contributed by atoms with van der Waals surface area (Å²) in [4.78, 5) is 57.8. The topological polar surface area (TPSA) is 178 Å². The van der Waals surface area contributed by atoms with Crippen molar-refractivity contribution in [3.63, 3.8) is 0 Å². The molecule has 2 aromatic rings. The molecule has 0 aromatic heterocycles. The number of carbonyl (C=O) groups excluding carboxylic acids is 4. The van der Waals surface area contributed by atoms with Crippen LogP contribution in [-0.2, 0) is 42.2 Å². The first-order valence-corrected chi connectivity index (χ1v) is 18.5. The highest BCUT2D eigenvalue weighted by atomic mass is 32.2. The predicted molar refractivity (Wildman–Crippen MR) is 179 cm³/mol. The van der Waals surface area contributed by atoms with E-state index >= 15 is 0 Å². The third-order valence-corrected chi connectivity index (χ3v) is 11.9. The summed E-state index contributed by atoms with van der Waals surface area (Å²) in [6.45, 7) is 5.52. The van der Waals surface area contributed by atoms with Crippen molar-refractivity contribution in [2.45, 2.75) is 94.9 Å². The maximum absolute atomic E-state index is 14.4. The summed E-state index contributed by atoms with van der Waals surface area (Å²) in [5.74, 6) is -2.95. The van der Waals surface area contributed by atoms with Gasteiger partial charge in [-0.3, -0.25) is 24.0 Å². The highest BCUT2D eigenvalue weighted by Crippen LogP contribution is 2.47. The number of carbonyl (C=O) groups is 4. The van der Waals surface area contributed by atoms with Crippen molar-refractivity contribution in [1.82, 2.24) is 19.8 Å². The molecule has 6 rings (SSSR count). The van der Waals surface area contributed by atoms with E-state index in [4.69, 9.17) is 4.74 Å². The molecule has 3 fully saturated rings. The minimum Gasteiger partial charge on any atom is -0.444 e. The number of amides is 4. The molecule has 50 heavy (non-hydrogen) atoms. The van der Waals surface area contributed by atoms with Crippen molar-refractivity contribution in [2.24, 2.45) is 11.8 Å². The summed E-state index contributed by atoms with van der Waals surface area (Å²) in [6.07, 6.45) is -0.0530. The molecule has 2 aliphatic heterocycles. The standard InChI is InChI=1S/C35H41FN6O7S/c1-4-23-15-35(23,33(45)40-50(47,48)26-11-12-26)39-31(43)29-14-25(49-34(46)41-17-22-8-6-10-28(36)27(22)19-41)18-42(29)32(44)30(20(2)3)38-24-9-5-7-21(13-24)16-37/h5-10,13,20,23,25-26,29-30,38H,4,11-12,14-15,17-19H2,1-3H3,(H,39,43)(H,40,45)/t23-,25?,29+,30+,35-/m1/s1. The van der Waals surface area contributed by atoms with E-state index in [0.717, 1.165) is 0 Å². The summed E-state index contributed by atoms with van der Waals surface area (Å²) in [5.41, 5.74) is 0.517. The second-order valence-electron chi connectivity index (χ2n) is 14.0. The van der Waals surface area contributed by atoms with E-state index < -0.39 is 68.6 Å². The minimum absolute atomic E-state index is 0.0149. The van der Waals surface area contributed by atoms with Crippen molar-refractivity contribution >= 4 is 39.5 Å². The first-order valence-electron chi connectivity index (χ1n) is 16.9. The Labute approximate surface area is 290 Å². The van der Waals surface area contributed by atoms with Crippen LogP contribution in [0.15, 0.2) is 42.5 Å². The molecule has 2 saturated carbocycles. The minimum atomic E-state index is -3.88. The van der Waals surface area contributed by atoms with E-state index in [1.807, 2.05) is 20.8 Å². The third-order valence-electron chi connectivity index (χ3n) is 10.1. The number of nitriles is 1. The lowest BCUT2D eigenvalue weighted by Crippen LogP contribution is -2.58. The van der Waals surface area contributed by atoms with Gasteiger partial charge in [0.25, 0.3) is 5.91 Å². The van der Waals surface area contributed by atoms with Gasteiger partial charge in [0.1, 0.15) is 29.5 Å². The van der Waals surface area contributed by atoms with Crippen LogP contribution < -0.4 is 15.4 Å². The van der Waals surface area contributed by atoms with Gasteiger partial charge in [0, 0.05) is 24.2 Å². The van der Waals surface area contributed by atoms with Gasteiger partial charge in [-0.2, -0.15) is 5.26 Å². The van der Waals surface area contributed by atoms with Crippen LogP contribution in [0.3, 0.4) is 0 Å². The average molecular weight is 709 g/mol. The van der Waals surface area contributed by atoms with Gasteiger partial charge in [0.2, 0.25) is 21.8 Å². The van der Waals surface area contributed by atoms with Crippen molar-refractivity contribution in [3.05, 3.63) is 65.0 Å². The fourth-order valence-electron chi connectivity index (χ4n) is 6.95. The van der Waals surface area contributed by atoms with Crippen molar-refractivity contribution in [1.29, 1.82) is 5.26 Å². The molecule has 0 bridgehead atoms. The Morgan fingerprint density at radius 3 is 2.50 bits per heavy atom. The first-order chi connectivity index (χ1) is 23.8. The third kappa shape index (κ3) is 6.98. The monoisotopic (exact) mass is 708 g/mol. The van der Waals surface area contributed by atoms with Crippen LogP contribution in [0.4, 0.5) is 14.9 Å². The number of hydrogen-bond acceptors (Lipinski definition) is 9.